The molecule has 1 aromatic rings. The summed E-state index contributed by atoms with van der Waals surface area (Å²) in [5, 5.41) is 10.0. The SMILES string of the molecule is COC(=O)C(=O)/C=C(\O)c1ccc(OC(C)C)c(C)c1C. The average Bonchev–Trinajstić information content (AvgIpc) is 2.42. The number of ether oxygens (including phenoxy) is 2. The van der Waals surface area contributed by atoms with E-state index < -0.39 is 11.8 Å². The Balaban J connectivity index is 3.15. The molecule has 0 fully saturated rings. The Kier molecular flexibility index (Phi) is 5.52. The van der Waals surface area contributed by atoms with Gasteiger partial charge in [-0.1, -0.05) is 0 Å². The molecule has 0 unspecified atom stereocenters. The van der Waals surface area contributed by atoms with Crippen LogP contribution in [0.5, 0.6) is 5.75 Å². The Morgan fingerprint density at radius 1 is 1.19 bits per heavy atom. The summed E-state index contributed by atoms with van der Waals surface area (Å²) in [6.07, 6.45) is 0.898. The van der Waals surface area contributed by atoms with E-state index in [4.69, 9.17) is 4.74 Å². The maximum atomic E-state index is 11.4. The van der Waals surface area contributed by atoms with Crippen LogP contribution >= 0.6 is 0 Å². The number of carbonyl (C=O) groups excluding carboxylic acids is 2. The number of ketones is 1. The molecule has 0 bridgehead atoms. The maximum Gasteiger partial charge on any atom is 0.378 e. The van der Waals surface area contributed by atoms with E-state index in [2.05, 4.69) is 4.74 Å². The standard InChI is InChI=1S/C16H20O5/c1-9(2)21-15-7-6-12(10(3)11(15)4)13(17)8-14(18)16(19)20-5/h6-9,17H,1-5H3/b13-8-. The van der Waals surface area contributed by atoms with E-state index in [1.54, 1.807) is 12.1 Å². The lowest BCUT2D eigenvalue weighted by atomic mass is 10.0. The first-order chi connectivity index (χ1) is 9.77. The van der Waals surface area contributed by atoms with Gasteiger partial charge in [-0.25, -0.2) is 4.79 Å². The van der Waals surface area contributed by atoms with Crippen LogP contribution in [-0.4, -0.2) is 30.1 Å². The maximum absolute atomic E-state index is 11.4. The van der Waals surface area contributed by atoms with Crippen molar-refractivity contribution < 1.29 is 24.2 Å². The van der Waals surface area contributed by atoms with Gasteiger partial charge in [0, 0.05) is 11.6 Å². The second kappa shape index (κ2) is 6.92. The van der Waals surface area contributed by atoms with Crippen LogP contribution in [0, 0.1) is 13.8 Å². The monoisotopic (exact) mass is 292 g/mol. The summed E-state index contributed by atoms with van der Waals surface area (Å²) in [6, 6.07) is 3.38. The summed E-state index contributed by atoms with van der Waals surface area (Å²) < 4.78 is 9.96. The van der Waals surface area contributed by atoms with Crippen molar-refractivity contribution in [3.05, 3.63) is 34.9 Å². The van der Waals surface area contributed by atoms with Crippen molar-refractivity contribution in [1.29, 1.82) is 0 Å². The van der Waals surface area contributed by atoms with Gasteiger partial charge >= 0.3 is 5.97 Å². The fourth-order valence-electron chi connectivity index (χ4n) is 1.82. The van der Waals surface area contributed by atoms with Gasteiger partial charge in [-0.2, -0.15) is 0 Å². The molecule has 0 spiro atoms. The van der Waals surface area contributed by atoms with Crippen molar-refractivity contribution in [2.75, 3.05) is 7.11 Å². The average molecular weight is 292 g/mol. The molecule has 21 heavy (non-hydrogen) atoms. The number of aliphatic hydroxyl groups excluding tert-OH is 1. The fraction of sp³-hybridized carbons (Fsp3) is 0.375. The van der Waals surface area contributed by atoms with Crippen molar-refractivity contribution in [1.82, 2.24) is 0 Å². The zero-order chi connectivity index (χ0) is 16.2. The third-order valence-electron chi connectivity index (χ3n) is 3.03. The molecule has 5 heteroatoms. The van der Waals surface area contributed by atoms with E-state index in [9.17, 15) is 14.7 Å². The normalized spacial score (nSPS) is 11.4. The Morgan fingerprint density at radius 2 is 1.81 bits per heavy atom. The fourth-order valence-corrected chi connectivity index (χ4v) is 1.82. The van der Waals surface area contributed by atoms with Gasteiger partial charge in [0.05, 0.1) is 13.2 Å². The van der Waals surface area contributed by atoms with Crippen LogP contribution in [0.3, 0.4) is 0 Å². The quantitative estimate of drug-likeness (QED) is 0.391. The van der Waals surface area contributed by atoms with Crippen molar-refractivity contribution >= 4 is 17.5 Å². The smallest absolute Gasteiger partial charge is 0.378 e. The third-order valence-corrected chi connectivity index (χ3v) is 3.03. The highest BCUT2D eigenvalue weighted by Gasteiger charge is 2.16. The molecule has 1 N–H and O–H groups in total. The first-order valence-corrected chi connectivity index (χ1v) is 6.58. The Bertz CT molecular complexity index is 585. The molecule has 0 saturated heterocycles. The predicted molar refractivity (Wildman–Crippen MR) is 79.3 cm³/mol. The van der Waals surface area contributed by atoms with Crippen LogP contribution in [0.4, 0.5) is 0 Å². The van der Waals surface area contributed by atoms with Crippen LogP contribution in [-0.2, 0) is 14.3 Å². The van der Waals surface area contributed by atoms with E-state index in [0.29, 0.717) is 5.56 Å². The first kappa shape index (κ1) is 16.8. The molecule has 0 amide bonds. The van der Waals surface area contributed by atoms with Gasteiger partial charge in [-0.05, 0) is 51.0 Å². The van der Waals surface area contributed by atoms with Gasteiger partial charge in [-0.3, -0.25) is 4.79 Å². The van der Waals surface area contributed by atoms with Crippen molar-refractivity contribution in [3.8, 4) is 5.75 Å². The van der Waals surface area contributed by atoms with E-state index in [1.807, 2.05) is 27.7 Å². The number of hydrogen-bond donors (Lipinski definition) is 1. The molecule has 0 atom stereocenters. The van der Waals surface area contributed by atoms with Crippen LogP contribution < -0.4 is 4.74 Å². The number of esters is 1. The molecule has 0 aromatic heterocycles. The Labute approximate surface area is 124 Å². The molecule has 0 radical (unpaired) electrons. The molecule has 0 aliphatic rings. The lowest BCUT2D eigenvalue weighted by Gasteiger charge is -2.16. The molecule has 1 rings (SSSR count). The zero-order valence-corrected chi connectivity index (χ0v) is 12.9. The summed E-state index contributed by atoms with van der Waals surface area (Å²) >= 11 is 0. The first-order valence-electron chi connectivity index (χ1n) is 6.58. The minimum Gasteiger partial charge on any atom is -0.507 e. The summed E-state index contributed by atoms with van der Waals surface area (Å²) in [6.45, 7) is 7.53. The van der Waals surface area contributed by atoms with E-state index in [1.165, 1.54) is 0 Å². The topological polar surface area (TPSA) is 72.8 Å². The van der Waals surface area contributed by atoms with Gasteiger partial charge < -0.3 is 14.6 Å². The van der Waals surface area contributed by atoms with Crippen LogP contribution in [0.1, 0.15) is 30.5 Å². The lowest BCUT2D eigenvalue weighted by molar-refractivity contribution is -0.149. The van der Waals surface area contributed by atoms with Crippen LogP contribution in [0.25, 0.3) is 5.76 Å². The molecule has 0 saturated carbocycles. The molecule has 0 aliphatic carbocycles. The highest BCUT2D eigenvalue weighted by molar-refractivity contribution is 6.39. The summed E-state index contributed by atoms with van der Waals surface area (Å²) in [4.78, 5) is 22.5. The van der Waals surface area contributed by atoms with Crippen molar-refractivity contribution in [2.24, 2.45) is 0 Å². The number of carbonyl (C=O) groups is 2. The minimum absolute atomic E-state index is 0.0407. The lowest BCUT2D eigenvalue weighted by Crippen LogP contribution is -2.13. The number of rotatable bonds is 5. The van der Waals surface area contributed by atoms with Crippen molar-refractivity contribution in [2.45, 2.75) is 33.8 Å². The molecule has 5 nitrogen and oxygen atoms in total. The van der Waals surface area contributed by atoms with E-state index in [0.717, 1.165) is 30.1 Å². The molecular weight excluding hydrogens is 272 g/mol. The Morgan fingerprint density at radius 3 is 2.33 bits per heavy atom. The van der Waals surface area contributed by atoms with E-state index >= 15 is 0 Å². The number of benzene rings is 1. The summed E-state index contributed by atoms with van der Waals surface area (Å²) in [5.74, 6) is -1.48. The highest BCUT2D eigenvalue weighted by atomic mass is 16.5. The second-order valence-corrected chi connectivity index (χ2v) is 4.91. The molecule has 0 aliphatic heterocycles. The highest BCUT2D eigenvalue weighted by Crippen LogP contribution is 2.28. The molecular formula is C16H20O5. The number of hydrogen-bond acceptors (Lipinski definition) is 5. The number of aliphatic hydroxyl groups is 1. The van der Waals surface area contributed by atoms with E-state index in [-0.39, 0.29) is 11.9 Å². The zero-order valence-electron chi connectivity index (χ0n) is 12.9. The second-order valence-electron chi connectivity index (χ2n) is 4.91. The van der Waals surface area contributed by atoms with Crippen LogP contribution in [0.15, 0.2) is 18.2 Å². The minimum atomic E-state index is -1.02. The molecule has 114 valence electrons. The van der Waals surface area contributed by atoms with Gasteiger partial charge in [0.25, 0.3) is 5.78 Å². The van der Waals surface area contributed by atoms with Gasteiger partial charge in [0.1, 0.15) is 11.5 Å². The summed E-state index contributed by atoms with van der Waals surface area (Å²) in [5.41, 5.74) is 2.12. The van der Waals surface area contributed by atoms with Gasteiger partial charge in [0.2, 0.25) is 0 Å². The number of methoxy groups -OCH3 is 1. The summed E-state index contributed by atoms with van der Waals surface area (Å²) in [7, 11) is 1.11. The van der Waals surface area contributed by atoms with Gasteiger partial charge in [-0.15, -0.1) is 0 Å². The third kappa shape index (κ3) is 4.08. The van der Waals surface area contributed by atoms with Gasteiger partial charge in [0.15, 0.2) is 0 Å². The largest absolute Gasteiger partial charge is 0.507 e. The molecule has 1 aromatic carbocycles. The van der Waals surface area contributed by atoms with Crippen LogP contribution in [0.2, 0.25) is 0 Å². The van der Waals surface area contributed by atoms with Crippen molar-refractivity contribution in [3.63, 3.8) is 0 Å². The molecule has 0 heterocycles. The Hall–Kier alpha value is -2.30. The predicted octanol–water partition coefficient (Wildman–Crippen LogP) is 2.73.